The molecule has 0 saturated heterocycles. The van der Waals surface area contributed by atoms with Crippen molar-refractivity contribution >= 4 is 21.4 Å². The summed E-state index contributed by atoms with van der Waals surface area (Å²) in [4.78, 5) is 7.77. The Labute approximate surface area is 168 Å². The number of fused-ring (bicyclic) bond motifs is 1. The lowest BCUT2D eigenvalue weighted by Gasteiger charge is -2.25. The summed E-state index contributed by atoms with van der Waals surface area (Å²) in [5.41, 5.74) is 3.23. The highest BCUT2D eigenvalue weighted by Crippen LogP contribution is 2.26. The number of nitrogens with one attached hydrogen (secondary N) is 1. The Morgan fingerprint density at radius 2 is 1.96 bits per heavy atom. The number of hydrogen-bond acceptors (Lipinski definition) is 6. The molecule has 1 unspecified atom stereocenters. The molecule has 0 aliphatic heterocycles. The standard InChI is InChI=1S/C21H23N5OS/c1-25(2)19(16-10-7-11-17(12-16)27-3)13-22-20-24-26-14-18(23-21(26)28-20)15-8-5-4-6-9-15/h4-12,14,19H,13H2,1-3H3,(H,22,24). The summed E-state index contributed by atoms with van der Waals surface area (Å²) in [6.07, 6.45) is 1.97. The van der Waals surface area contributed by atoms with Crippen molar-refractivity contribution in [2.75, 3.05) is 33.1 Å². The average Bonchev–Trinajstić information content (AvgIpc) is 3.27. The van der Waals surface area contributed by atoms with Crippen molar-refractivity contribution in [1.29, 1.82) is 0 Å². The van der Waals surface area contributed by atoms with Gasteiger partial charge < -0.3 is 15.0 Å². The van der Waals surface area contributed by atoms with Crippen LogP contribution in [-0.2, 0) is 0 Å². The molecule has 4 rings (SSSR count). The Hall–Kier alpha value is -2.90. The van der Waals surface area contributed by atoms with Gasteiger partial charge in [-0.25, -0.2) is 9.50 Å². The van der Waals surface area contributed by atoms with E-state index in [9.17, 15) is 0 Å². The Morgan fingerprint density at radius 3 is 2.68 bits per heavy atom. The maximum absolute atomic E-state index is 5.36. The molecule has 2 heterocycles. The molecule has 0 fully saturated rings. The van der Waals surface area contributed by atoms with E-state index in [1.165, 1.54) is 5.56 Å². The van der Waals surface area contributed by atoms with Crippen LogP contribution >= 0.6 is 11.3 Å². The van der Waals surface area contributed by atoms with Crippen molar-refractivity contribution < 1.29 is 4.74 Å². The third-order valence-electron chi connectivity index (χ3n) is 4.66. The smallest absolute Gasteiger partial charge is 0.214 e. The maximum atomic E-state index is 5.36. The van der Waals surface area contributed by atoms with E-state index in [2.05, 4.69) is 53.7 Å². The molecular weight excluding hydrogens is 370 g/mol. The molecule has 2 aromatic carbocycles. The lowest BCUT2D eigenvalue weighted by molar-refractivity contribution is 0.310. The molecule has 0 aliphatic rings. The van der Waals surface area contributed by atoms with Crippen molar-refractivity contribution in [3.63, 3.8) is 0 Å². The minimum Gasteiger partial charge on any atom is -0.497 e. The van der Waals surface area contributed by atoms with Gasteiger partial charge in [0.05, 0.1) is 25.0 Å². The third-order valence-corrected chi connectivity index (χ3v) is 5.54. The summed E-state index contributed by atoms with van der Waals surface area (Å²) < 4.78 is 7.20. The van der Waals surface area contributed by atoms with Gasteiger partial charge >= 0.3 is 0 Å². The Morgan fingerprint density at radius 1 is 1.14 bits per heavy atom. The van der Waals surface area contributed by atoms with E-state index in [4.69, 9.17) is 9.72 Å². The van der Waals surface area contributed by atoms with Crippen molar-refractivity contribution in [3.8, 4) is 17.0 Å². The van der Waals surface area contributed by atoms with E-state index >= 15 is 0 Å². The number of ether oxygens (including phenoxy) is 1. The number of anilines is 1. The average molecular weight is 394 g/mol. The van der Waals surface area contributed by atoms with Crippen LogP contribution in [0, 0.1) is 0 Å². The van der Waals surface area contributed by atoms with Crippen LogP contribution in [0.4, 0.5) is 5.13 Å². The van der Waals surface area contributed by atoms with Gasteiger partial charge in [-0.3, -0.25) is 0 Å². The van der Waals surface area contributed by atoms with Gasteiger partial charge in [0.25, 0.3) is 0 Å². The molecule has 6 nitrogen and oxygen atoms in total. The second-order valence-electron chi connectivity index (χ2n) is 6.76. The van der Waals surface area contributed by atoms with Crippen LogP contribution in [-0.4, -0.2) is 47.2 Å². The molecular formula is C21H23N5OS. The zero-order valence-electron chi connectivity index (χ0n) is 16.2. The molecule has 0 bridgehead atoms. The number of benzene rings is 2. The van der Waals surface area contributed by atoms with E-state index in [0.29, 0.717) is 0 Å². The first kappa shape index (κ1) is 18.5. The van der Waals surface area contributed by atoms with Crippen LogP contribution in [0.2, 0.25) is 0 Å². The first-order valence-corrected chi connectivity index (χ1v) is 9.91. The quantitative estimate of drug-likeness (QED) is 0.510. The van der Waals surface area contributed by atoms with Gasteiger partial charge in [0.1, 0.15) is 5.75 Å². The highest BCUT2D eigenvalue weighted by molar-refractivity contribution is 7.20. The molecule has 0 radical (unpaired) electrons. The Bertz CT molecular complexity index is 1030. The Kier molecular flexibility index (Phi) is 5.27. The number of hydrogen-bond donors (Lipinski definition) is 1. The molecule has 2 aromatic heterocycles. The number of nitrogens with zero attached hydrogens (tertiary/aromatic N) is 4. The summed E-state index contributed by atoms with van der Waals surface area (Å²) in [6.45, 7) is 0.738. The summed E-state index contributed by atoms with van der Waals surface area (Å²) >= 11 is 1.56. The fraction of sp³-hybridized carbons (Fsp3) is 0.238. The molecule has 7 heteroatoms. The first-order valence-electron chi connectivity index (χ1n) is 9.10. The van der Waals surface area contributed by atoms with Crippen molar-refractivity contribution in [3.05, 3.63) is 66.4 Å². The van der Waals surface area contributed by atoms with Gasteiger partial charge in [0, 0.05) is 12.1 Å². The summed E-state index contributed by atoms with van der Waals surface area (Å²) in [5.74, 6) is 0.866. The molecule has 0 saturated carbocycles. The molecule has 0 spiro atoms. The minimum absolute atomic E-state index is 0.200. The number of methoxy groups -OCH3 is 1. The fourth-order valence-electron chi connectivity index (χ4n) is 3.15. The predicted octanol–water partition coefficient (Wildman–Crippen LogP) is 4.18. The molecule has 0 amide bonds. The minimum atomic E-state index is 0.200. The second-order valence-corrected chi connectivity index (χ2v) is 7.72. The van der Waals surface area contributed by atoms with Crippen LogP contribution in [0.1, 0.15) is 11.6 Å². The highest BCUT2D eigenvalue weighted by atomic mass is 32.1. The third kappa shape index (κ3) is 3.85. The van der Waals surface area contributed by atoms with Gasteiger partial charge in [-0.05, 0) is 31.8 Å². The summed E-state index contributed by atoms with van der Waals surface area (Å²) in [5, 5.41) is 8.96. The van der Waals surface area contributed by atoms with Gasteiger partial charge in [-0.2, -0.15) is 0 Å². The van der Waals surface area contributed by atoms with Crippen LogP contribution in [0.5, 0.6) is 5.75 Å². The van der Waals surface area contributed by atoms with E-state index in [-0.39, 0.29) is 6.04 Å². The normalized spacial score (nSPS) is 12.4. The molecule has 144 valence electrons. The van der Waals surface area contributed by atoms with E-state index in [1.807, 2.05) is 41.0 Å². The maximum Gasteiger partial charge on any atom is 0.214 e. The van der Waals surface area contributed by atoms with Gasteiger partial charge in [-0.1, -0.05) is 53.8 Å². The van der Waals surface area contributed by atoms with Crippen molar-refractivity contribution in [1.82, 2.24) is 19.5 Å². The van der Waals surface area contributed by atoms with Gasteiger partial charge in [-0.15, -0.1) is 5.10 Å². The van der Waals surface area contributed by atoms with Gasteiger partial charge in [0.2, 0.25) is 10.1 Å². The lowest BCUT2D eigenvalue weighted by Crippen LogP contribution is -2.26. The van der Waals surface area contributed by atoms with Crippen LogP contribution in [0.25, 0.3) is 16.2 Å². The summed E-state index contributed by atoms with van der Waals surface area (Å²) in [6, 6.07) is 18.5. The van der Waals surface area contributed by atoms with Crippen molar-refractivity contribution in [2.24, 2.45) is 0 Å². The fourth-order valence-corrected chi connectivity index (χ4v) is 3.94. The molecule has 28 heavy (non-hydrogen) atoms. The van der Waals surface area contributed by atoms with E-state index in [0.717, 1.165) is 33.6 Å². The number of likely N-dealkylation sites (N-methyl/N-ethyl adjacent to an activating group) is 1. The van der Waals surface area contributed by atoms with E-state index in [1.54, 1.807) is 18.4 Å². The molecule has 1 atom stereocenters. The zero-order chi connectivity index (χ0) is 19.5. The highest BCUT2D eigenvalue weighted by Gasteiger charge is 2.16. The van der Waals surface area contributed by atoms with E-state index < -0.39 is 0 Å². The largest absolute Gasteiger partial charge is 0.497 e. The summed E-state index contributed by atoms with van der Waals surface area (Å²) in [7, 11) is 5.84. The second kappa shape index (κ2) is 8.00. The SMILES string of the molecule is COc1cccc(C(CNc2nn3cc(-c4ccccc4)nc3s2)N(C)C)c1. The predicted molar refractivity (Wildman–Crippen MR) is 114 cm³/mol. The zero-order valence-corrected chi connectivity index (χ0v) is 17.0. The monoisotopic (exact) mass is 393 g/mol. The first-order chi connectivity index (χ1) is 13.6. The number of imidazole rings is 1. The van der Waals surface area contributed by atoms with Crippen LogP contribution in [0.3, 0.4) is 0 Å². The van der Waals surface area contributed by atoms with Crippen LogP contribution < -0.4 is 10.1 Å². The topological polar surface area (TPSA) is 54.7 Å². The number of aromatic nitrogens is 3. The van der Waals surface area contributed by atoms with Crippen LogP contribution in [0.15, 0.2) is 60.8 Å². The Balaban J connectivity index is 1.50. The molecule has 0 aliphatic carbocycles. The molecule has 4 aromatic rings. The van der Waals surface area contributed by atoms with Gasteiger partial charge in [0.15, 0.2) is 0 Å². The molecule has 1 N–H and O–H groups in total. The number of rotatable bonds is 7. The lowest BCUT2D eigenvalue weighted by atomic mass is 10.1. The van der Waals surface area contributed by atoms with Crippen molar-refractivity contribution in [2.45, 2.75) is 6.04 Å².